The Bertz CT molecular complexity index is 2900. The minimum atomic E-state index is -4.36. The number of aromatic nitrogens is 2. The van der Waals surface area contributed by atoms with E-state index in [2.05, 4.69) is 36.6 Å². The molecule has 4 saturated heterocycles. The molecular weight excluding hydrogens is 852 g/mol. The topological polar surface area (TPSA) is 171 Å². The van der Waals surface area contributed by atoms with E-state index in [0.717, 1.165) is 77.5 Å². The van der Waals surface area contributed by atoms with E-state index in [9.17, 15) is 32.0 Å². The van der Waals surface area contributed by atoms with Crippen molar-refractivity contribution >= 4 is 61.8 Å². The molecule has 5 aliphatic rings. The number of allylic oxidation sites excluding steroid dienone is 1. The van der Waals surface area contributed by atoms with Crippen molar-refractivity contribution in [2.24, 2.45) is 0 Å². The van der Waals surface area contributed by atoms with E-state index >= 15 is 8.78 Å². The predicted octanol–water partition coefficient (Wildman–Crippen LogP) is 4.84. The van der Waals surface area contributed by atoms with Crippen molar-refractivity contribution in [1.29, 1.82) is 0 Å². The van der Waals surface area contributed by atoms with Crippen LogP contribution in [0.3, 0.4) is 0 Å². The number of anilines is 3. The van der Waals surface area contributed by atoms with Crippen LogP contribution in [0.15, 0.2) is 85.3 Å². The third-order valence-electron chi connectivity index (χ3n) is 12.9. The van der Waals surface area contributed by atoms with Gasteiger partial charge in [-0.1, -0.05) is 18.7 Å². The summed E-state index contributed by atoms with van der Waals surface area (Å²) in [4.78, 5) is 68.3. The SMILES string of the molecule is C=C1CCC(N2C(=O)c3ccc(N4CC(N5CCN(c6ccc(-c7cnc8[nH]cc(C(=O)c9c(F)ccc(NS(=O)(=O)N%10CC[C@@H](F)C%10)c9F)c8c7)cc6)CC5)C4)cc3C2=O)C(=O)N1. The summed E-state index contributed by atoms with van der Waals surface area (Å²) in [5.41, 5.74) is 3.23. The van der Waals surface area contributed by atoms with Crippen LogP contribution in [0.5, 0.6) is 0 Å². The number of piperazine rings is 1. The van der Waals surface area contributed by atoms with Crippen LogP contribution in [0, 0.1) is 11.6 Å². The summed E-state index contributed by atoms with van der Waals surface area (Å²) >= 11 is 0. The molecule has 3 aromatic carbocycles. The summed E-state index contributed by atoms with van der Waals surface area (Å²) in [6.45, 7) is 8.15. The molecule has 0 aliphatic carbocycles. The fourth-order valence-electron chi connectivity index (χ4n) is 9.28. The van der Waals surface area contributed by atoms with Gasteiger partial charge in [0.05, 0.1) is 22.4 Å². The number of carbonyl (C=O) groups excluding carboxylic acids is 4. The zero-order valence-electron chi connectivity index (χ0n) is 34.3. The maximum absolute atomic E-state index is 15.8. The Kier molecular flexibility index (Phi) is 10.3. The molecule has 3 N–H and O–H groups in total. The number of rotatable bonds is 10. The van der Waals surface area contributed by atoms with Gasteiger partial charge in [0, 0.05) is 104 Å². The van der Waals surface area contributed by atoms with Crippen LogP contribution in [0.25, 0.3) is 22.2 Å². The molecule has 5 aliphatic heterocycles. The van der Waals surface area contributed by atoms with E-state index in [-0.39, 0.29) is 18.5 Å². The fraction of sp³-hybridized carbons (Fsp3) is 0.311. The number of aromatic amines is 1. The summed E-state index contributed by atoms with van der Waals surface area (Å²) in [6, 6.07) is 16.1. The summed E-state index contributed by atoms with van der Waals surface area (Å²) in [5.74, 6) is -4.88. The molecule has 10 rings (SSSR count). The highest BCUT2D eigenvalue weighted by atomic mass is 32.2. The lowest BCUT2D eigenvalue weighted by atomic mass is 9.99. The molecule has 0 radical (unpaired) electrons. The number of H-pyrrole nitrogens is 1. The number of imide groups is 1. The predicted molar refractivity (Wildman–Crippen MR) is 232 cm³/mol. The van der Waals surface area contributed by atoms with E-state index < -0.39 is 75.4 Å². The Morgan fingerprint density at radius 2 is 1.56 bits per heavy atom. The van der Waals surface area contributed by atoms with E-state index in [0.29, 0.717) is 52.3 Å². The molecule has 0 bridgehead atoms. The van der Waals surface area contributed by atoms with E-state index in [1.807, 2.05) is 35.1 Å². The van der Waals surface area contributed by atoms with Crippen LogP contribution in [-0.4, -0.2) is 127 Å². The standard InChI is InChI=1S/C45H42F3N9O6S/c1-25-2-11-38(43(59)51-25)57-44(60)32-8-7-30(19-34(32)45(57)61)55-23-31(24-55)54-16-14-53(15-17-54)29-5-3-26(4-6-29)27-18-33-35(21-50-42(33)49-20-27)41(58)39-36(47)9-10-37(40(39)48)52-64(62,63)56-13-12-28(46)22-56/h3-10,18-21,28,31,38,52H,1-2,11-17,22-24H2,(H,49,50)(H,51,59)/t28-,38?/m1/s1. The smallest absolute Gasteiger partial charge is 0.301 e. The highest BCUT2D eigenvalue weighted by Crippen LogP contribution is 2.35. The molecule has 5 aromatic rings. The maximum atomic E-state index is 15.8. The van der Waals surface area contributed by atoms with Gasteiger partial charge in [0.2, 0.25) is 11.7 Å². The number of ketones is 1. The van der Waals surface area contributed by atoms with E-state index in [1.54, 1.807) is 24.4 Å². The molecule has 0 saturated carbocycles. The zero-order valence-corrected chi connectivity index (χ0v) is 35.1. The minimum Gasteiger partial charge on any atom is -0.369 e. The van der Waals surface area contributed by atoms with Gasteiger partial charge in [0.1, 0.15) is 23.7 Å². The number of alkyl halides is 1. The highest BCUT2D eigenvalue weighted by Gasteiger charge is 2.45. The van der Waals surface area contributed by atoms with Gasteiger partial charge < -0.3 is 20.1 Å². The third-order valence-corrected chi connectivity index (χ3v) is 14.4. The Balaban J connectivity index is 0.763. The Morgan fingerprint density at radius 3 is 2.28 bits per heavy atom. The number of nitrogens with zero attached hydrogens (tertiary/aromatic N) is 6. The number of amides is 3. The minimum absolute atomic E-state index is 0.00244. The van der Waals surface area contributed by atoms with Gasteiger partial charge >= 0.3 is 10.2 Å². The van der Waals surface area contributed by atoms with Crippen molar-refractivity contribution in [1.82, 2.24) is 29.4 Å². The van der Waals surface area contributed by atoms with Gasteiger partial charge in [-0.05, 0) is 73.4 Å². The van der Waals surface area contributed by atoms with Crippen molar-refractivity contribution in [3.63, 3.8) is 0 Å². The first kappa shape index (κ1) is 41.4. The average Bonchev–Trinajstić information content (AvgIpc) is 3.97. The molecule has 19 heteroatoms. The fourth-order valence-corrected chi connectivity index (χ4v) is 10.5. The van der Waals surface area contributed by atoms with Crippen molar-refractivity contribution in [3.8, 4) is 11.1 Å². The second-order valence-electron chi connectivity index (χ2n) is 16.8. The molecule has 7 heterocycles. The first-order valence-electron chi connectivity index (χ1n) is 21.0. The number of benzene rings is 3. The number of fused-ring (bicyclic) bond motifs is 2. The van der Waals surface area contributed by atoms with Gasteiger partial charge in [0.15, 0.2) is 5.82 Å². The number of carbonyl (C=O) groups is 4. The van der Waals surface area contributed by atoms with Crippen LogP contribution in [0.1, 0.15) is 55.9 Å². The zero-order chi connectivity index (χ0) is 44.6. The van der Waals surface area contributed by atoms with Crippen LogP contribution in [0.2, 0.25) is 0 Å². The summed E-state index contributed by atoms with van der Waals surface area (Å²) in [6.07, 6.45) is 2.43. The number of nitrogens with one attached hydrogen (secondary N) is 3. The number of halogens is 3. The molecule has 2 atom stereocenters. The highest BCUT2D eigenvalue weighted by molar-refractivity contribution is 7.90. The Labute approximate surface area is 365 Å². The average molecular weight is 894 g/mol. The van der Waals surface area contributed by atoms with Gasteiger partial charge in [-0.3, -0.25) is 33.7 Å². The normalized spacial score (nSPS) is 21.1. The molecule has 15 nitrogen and oxygen atoms in total. The molecule has 64 heavy (non-hydrogen) atoms. The van der Waals surface area contributed by atoms with Crippen molar-refractivity contribution in [2.45, 2.75) is 37.5 Å². The van der Waals surface area contributed by atoms with Crippen LogP contribution < -0.4 is 19.8 Å². The van der Waals surface area contributed by atoms with Gasteiger partial charge in [-0.25, -0.2) is 18.2 Å². The lowest BCUT2D eigenvalue weighted by Crippen LogP contribution is -2.63. The van der Waals surface area contributed by atoms with E-state index in [4.69, 9.17) is 0 Å². The summed E-state index contributed by atoms with van der Waals surface area (Å²) < 4.78 is 73.0. The van der Waals surface area contributed by atoms with Crippen molar-refractivity contribution < 1.29 is 40.8 Å². The van der Waals surface area contributed by atoms with Crippen LogP contribution in [-0.2, 0) is 15.0 Å². The van der Waals surface area contributed by atoms with Gasteiger partial charge in [0.25, 0.3) is 11.8 Å². The lowest BCUT2D eigenvalue weighted by Gasteiger charge is -2.49. The first-order valence-corrected chi connectivity index (χ1v) is 22.4. The largest absolute Gasteiger partial charge is 0.369 e. The molecule has 2 aromatic heterocycles. The third kappa shape index (κ3) is 7.26. The summed E-state index contributed by atoms with van der Waals surface area (Å²) in [5, 5.41) is 2.98. The van der Waals surface area contributed by atoms with E-state index in [1.165, 1.54) is 6.20 Å². The quantitative estimate of drug-likeness (QED) is 0.130. The molecule has 1 unspecified atom stereocenters. The van der Waals surface area contributed by atoms with Gasteiger partial charge in [-0.15, -0.1) is 0 Å². The molecule has 3 amide bonds. The Hall–Kier alpha value is -6.57. The van der Waals surface area contributed by atoms with Gasteiger partial charge in [-0.2, -0.15) is 12.7 Å². The Morgan fingerprint density at radius 1 is 0.828 bits per heavy atom. The maximum Gasteiger partial charge on any atom is 0.301 e. The number of hydrogen-bond donors (Lipinski definition) is 3. The van der Waals surface area contributed by atoms with Crippen LogP contribution in [0.4, 0.5) is 30.2 Å². The van der Waals surface area contributed by atoms with Crippen molar-refractivity contribution in [2.75, 3.05) is 66.9 Å². The second-order valence-corrected chi connectivity index (χ2v) is 18.4. The van der Waals surface area contributed by atoms with Crippen molar-refractivity contribution in [3.05, 3.63) is 119 Å². The molecule has 330 valence electrons. The monoisotopic (exact) mass is 893 g/mol. The second kappa shape index (κ2) is 15.9. The molecular formula is C45H42F3N9O6S. The number of piperidine rings is 1. The number of pyridine rings is 1. The molecule has 0 spiro atoms. The summed E-state index contributed by atoms with van der Waals surface area (Å²) in [7, 11) is -4.36. The van der Waals surface area contributed by atoms with Crippen LogP contribution >= 0.6 is 0 Å². The molecule has 4 fully saturated rings. The lowest BCUT2D eigenvalue weighted by molar-refractivity contribution is -0.125. The first-order chi connectivity index (χ1) is 30.7. The number of hydrogen-bond acceptors (Lipinski definition) is 10.